The number of carbonyl (C=O) groups is 2. The number of furan rings is 1. The van der Waals surface area contributed by atoms with Crippen LogP contribution in [0.15, 0.2) is 49.3 Å². The number of rotatable bonds is 7. The number of aromatic carboxylic acids is 1. The van der Waals surface area contributed by atoms with Gasteiger partial charge < -0.3 is 19.0 Å². The van der Waals surface area contributed by atoms with Gasteiger partial charge in [-0.1, -0.05) is 13.0 Å². The minimum atomic E-state index is -1.15. The lowest BCUT2D eigenvalue weighted by Gasteiger charge is -2.04. The molecule has 0 bridgehead atoms. The number of hydrogen-bond acceptors (Lipinski definition) is 7. The summed E-state index contributed by atoms with van der Waals surface area (Å²) in [7, 11) is 0. The molecule has 0 aliphatic carbocycles. The second kappa shape index (κ2) is 8.13. The van der Waals surface area contributed by atoms with Gasteiger partial charge in [-0.15, -0.1) is 10.2 Å². The van der Waals surface area contributed by atoms with Crippen LogP contribution in [0.2, 0.25) is 0 Å². The van der Waals surface area contributed by atoms with Gasteiger partial charge in [0.2, 0.25) is 5.89 Å². The van der Waals surface area contributed by atoms with E-state index >= 15 is 0 Å². The maximum atomic E-state index is 11.5. The molecule has 2 heterocycles. The van der Waals surface area contributed by atoms with Crippen LogP contribution in [0.4, 0.5) is 0 Å². The smallest absolute Gasteiger partial charge is 0.342 e. The van der Waals surface area contributed by atoms with Crippen molar-refractivity contribution in [2.75, 3.05) is 0 Å². The number of aliphatic carboxylic acids is 1. The molecule has 0 radical (unpaired) electrons. The molecule has 0 fully saturated rings. The summed E-state index contributed by atoms with van der Waals surface area (Å²) in [4.78, 5) is 22.6. The number of nitrogens with zero attached hydrogens (tertiary/aromatic N) is 2. The fourth-order valence-corrected chi connectivity index (χ4v) is 3.10. The molecule has 9 heteroatoms. The predicted octanol–water partition coefficient (Wildman–Crippen LogP) is 4.12. The van der Waals surface area contributed by atoms with Crippen molar-refractivity contribution in [2.45, 2.75) is 25.5 Å². The van der Waals surface area contributed by atoms with E-state index in [-0.39, 0.29) is 15.7 Å². The van der Waals surface area contributed by atoms with Gasteiger partial charge in [0.05, 0.1) is 5.56 Å². The number of carboxylic acids is 2. The van der Waals surface area contributed by atoms with Gasteiger partial charge in [-0.3, -0.25) is 0 Å². The van der Waals surface area contributed by atoms with Gasteiger partial charge >= 0.3 is 11.9 Å². The van der Waals surface area contributed by atoms with Crippen molar-refractivity contribution >= 4 is 29.8 Å². The quantitative estimate of drug-likeness (QED) is 0.445. The van der Waals surface area contributed by atoms with Gasteiger partial charge in [-0.2, -0.15) is 0 Å². The third-order valence-electron chi connectivity index (χ3n) is 3.80. The van der Waals surface area contributed by atoms with E-state index in [1.807, 2.05) is 6.92 Å². The first-order chi connectivity index (χ1) is 13.4. The molecule has 2 N–H and O–H groups in total. The highest BCUT2D eigenvalue weighted by molar-refractivity contribution is 8.03. The van der Waals surface area contributed by atoms with Crippen molar-refractivity contribution in [2.24, 2.45) is 0 Å². The van der Waals surface area contributed by atoms with Crippen molar-refractivity contribution in [3.05, 3.63) is 58.0 Å². The molecular formula is C19H16N2O6S. The van der Waals surface area contributed by atoms with Crippen molar-refractivity contribution in [1.29, 1.82) is 0 Å². The normalized spacial score (nSPS) is 11.6. The second-order valence-electron chi connectivity index (χ2n) is 5.77. The molecule has 0 unspecified atom stereocenters. The summed E-state index contributed by atoms with van der Waals surface area (Å²) in [5, 5.41) is 26.2. The molecule has 0 aliphatic heterocycles. The van der Waals surface area contributed by atoms with Crippen LogP contribution in [0.3, 0.4) is 0 Å². The van der Waals surface area contributed by atoms with E-state index in [9.17, 15) is 14.7 Å². The van der Waals surface area contributed by atoms with E-state index in [2.05, 4.69) is 10.2 Å². The summed E-state index contributed by atoms with van der Waals surface area (Å²) >= 11 is 0.837. The summed E-state index contributed by atoms with van der Waals surface area (Å²) in [6.07, 6.45) is 1.93. The van der Waals surface area contributed by atoms with Crippen molar-refractivity contribution in [1.82, 2.24) is 10.2 Å². The van der Waals surface area contributed by atoms with Crippen LogP contribution in [0.25, 0.3) is 17.4 Å². The highest BCUT2D eigenvalue weighted by Gasteiger charge is 2.16. The number of thioether (sulfide) groups is 1. The van der Waals surface area contributed by atoms with Gasteiger partial charge in [-0.05, 0) is 48.5 Å². The number of aryl methyl sites for hydroxylation is 2. The fourth-order valence-electron chi connectivity index (χ4n) is 2.43. The van der Waals surface area contributed by atoms with Crippen LogP contribution in [-0.4, -0.2) is 32.3 Å². The number of hydrogen-bond donors (Lipinski definition) is 2. The van der Waals surface area contributed by atoms with E-state index in [0.717, 1.165) is 22.9 Å². The van der Waals surface area contributed by atoms with Gasteiger partial charge in [0, 0.05) is 18.1 Å². The zero-order valence-corrected chi connectivity index (χ0v) is 15.8. The third-order valence-corrected chi connectivity index (χ3v) is 4.65. The number of carboxylic acid groups (broad SMARTS) is 2. The number of aromatic nitrogens is 2. The molecule has 0 saturated carbocycles. The van der Waals surface area contributed by atoms with Crippen LogP contribution in [0.1, 0.15) is 34.5 Å². The molecule has 2 aromatic heterocycles. The Morgan fingerprint density at radius 1 is 1.14 bits per heavy atom. The highest BCUT2D eigenvalue weighted by Crippen LogP contribution is 2.31. The lowest BCUT2D eigenvalue weighted by molar-refractivity contribution is -0.131. The molecule has 1 aromatic carbocycles. The Hall–Kier alpha value is -3.33. The highest BCUT2D eigenvalue weighted by atomic mass is 32.2. The Balaban J connectivity index is 1.86. The van der Waals surface area contributed by atoms with Crippen molar-refractivity contribution < 1.29 is 28.6 Å². The maximum Gasteiger partial charge on any atom is 0.342 e. The summed E-state index contributed by atoms with van der Waals surface area (Å²) < 4.78 is 11.1. The minimum absolute atomic E-state index is 0.0369. The zero-order valence-electron chi connectivity index (χ0n) is 15.0. The van der Waals surface area contributed by atoms with Crippen LogP contribution in [0, 0.1) is 6.92 Å². The monoisotopic (exact) mass is 400 g/mol. The van der Waals surface area contributed by atoms with Gasteiger partial charge in [0.25, 0.3) is 5.22 Å². The first-order valence-electron chi connectivity index (χ1n) is 8.26. The van der Waals surface area contributed by atoms with Crippen LogP contribution in [-0.2, 0) is 11.2 Å². The molecular weight excluding hydrogens is 384 g/mol. The van der Waals surface area contributed by atoms with Crippen molar-refractivity contribution in [3.63, 3.8) is 0 Å². The average molecular weight is 400 g/mol. The molecule has 0 spiro atoms. The average Bonchev–Trinajstić information content (AvgIpc) is 3.30. The standard InChI is InChI=1S/C19H16N2O6S/c1-3-16-20-21-19(27-16)28-15(18(24)25)9-12-5-7-14(26-12)13-6-4-11(17(22)23)8-10(13)2/h4-9H,3H2,1-2H3,(H,22,23)(H,24,25)/b15-9-. The van der Waals surface area contributed by atoms with Gasteiger partial charge in [0.15, 0.2) is 0 Å². The van der Waals surface area contributed by atoms with E-state index in [4.69, 9.17) is 13.9 Å². The van der Waals surface area contributed by atoms with Crippen LogP contribution in [0.5, 0.6) is 0 Å². The first-order valence-corrected chi connectivity index (χ1v) is 9.08. The first kappa shape index (κ1) is 19.4. The maximum absolute atomic E-state index is 11.5. The Labute approximate surface area is 163 Å². The number of benzene rings is 1. The molecule has 3 rings (SSSR count). The van der Waals surface area contributed by atoms with E-state index in [0.29, 0.717) is 23.8 Å². The van der Waals surface area contributed by atoms with E-state index in [1.54, 1.807) is 31.2 Å². The van der Waals surface area contributed by atoms with Crippen LogP contribution < -0.4 is 0 Å². The zero-order chi connectivity index (χ0) is 20.3. The summed E-state index contributed by atoms with van der Waals surface area (Å²) in [6.45, 7) is 3.63. The summed E-state index contributed by atoms with van der Waals surface area (Å²) in [6, 6.07) is 8.02. The van der Waals surface area contributed by atoms with Gasteiger partial charge in [0.1, 0.15) is 16.4 Å². The minimum Gasteiger partial charge on any atom is -0.478 e. The summed E-state index contributed by atoms with van der Waals surface area (Å²) in [5.74, 6) is -0.902. The van der Waals surface area contributed by atoms with Crippen LogP contribution >= 0.6 is 11.8 Å². The molecule has 0 amide bonds. The van der Waals surface area contributed by atoms with Gasteiger partial charge in [-0.25, -0.2) is 9.59 Å². The SMILES string of the molecule is CCc1nnc(S/C(=C\c2ccc(-c3ccc(C(=O)O)cc3C)o2)C(=O)O)o1. The molecule has 28 heavy (non-hydrogen) atoms. The second-order valence-corrected chi connectivity index (χ2v) is 6.76. The Kier molecular flexibility index (Phi) is 5.65. The van der Waals surface area contributed by atoms with E-state index in [1.165, 1.54) is 12.1 Å². The Morgan fingerprint density at radius 2 is 1.93 bits per heavy atom. The molecule has 8 nitrogen and oxygen atoms in total. The molecule has 0 aliphatic rings. The lowest BCUT2D eigenvalue weighted by Crippen LogP contribution is -1.97. The third kappa shape index (κ3) is 4.32. The van der Waals surface area contributed by atoms with Crippen molar-refractivity contribution in [3.8, 4) is 11.3 Å². The summed E-state index contributed by atoms with van der Waals surface area (Å²) in [5.41, 5.74) is 1.64. The molecule has 0 saturated heterocycles. The Bertz CT molecular complexity index is 1070. The van der Waals surface area contributed by atoms with E-state index < -0.39 is 11.9 Å². The largest absolute Gasteiger partial charge is 0.478 e. The fraction of sp³-hybridized carbons (Fsp3) is 0.158. The topological polar surface area (TPSA) is 127 Å². The lowest BCUT2D eigenvalue weighted by atomic mass is 10.0. The Morgan fingerprint density at radius 3 is 2.54 bits per heavy atom. The predicted molar refractivity (Wildman–Crippen MR) is 101 cm³/mol. The molecule has 3 aromatic rings. The molecule has 144 valence electrons. The molecule has 0 atom stereocenters.